The van der Waals surface area contributed by atoms with E-state index in [-0.39, 0.29) is 6.04 Å². The average Bonchev–Trinajstić information content (AvgIpc) is 2.74. The van der Waals surface area contributed by atoms with Gasteiger partial charge in [0.15, 0.2) is 0 Å². The van der Waals surface area contributed by atoms with Gasteiger partial charge in [-0.05, 0) is 42.6 Å². The van der Waals surface area contributed by atoms with Gasteiger partial charge < -0.3 is 4.74 Å². The molecule has 3 N–H and O–H groups in total. The Labute approximate surface area is 124 Å². The normalized spacial score (nSPS) is 12.9. The Morgan fingerprint density at radius 2 is 2.16 bits per heavy atom. The van der Waals surface area contributed by atoms with Crippen molar-refractivity contribution in [3.8, 4) is 0 Å². The molecule has 0 amide bonds. The first kappa shape index (κ1) is 16.6. The molecule has 0 saturated heterocycles. The van der Waals surface area contributed by atoms with Crippen molar-refractivity contribution in [3.63, 3.8) is 0 Å². The van der Waals surface area contributed by atoms with E-state index in [1.807, 2.05) is 11.6 Å². The van der Waals surface area contributed by atoms with Gasteiger partial charge in [-0.3, -0.25) is 16.0 Å². The molecule has 1 unspecified atom stereocenters. The van der Waals surface area contributed by atoms with Crippen LogP contribution in [0.15, 0.2) is 4.47 Å². The average molecular weight is 333 g/mol. The Bertz CT molecular complexity index is 381. The molecule has 0 fully saturated rings. The molecule has 0 spiro atoms. The lowest BCUT2D eigenvalue weighted by Crippen LogP contribution is -2.38. The number of nitrogens with zero attached hydrogens (tertiary/aromatic N) is 2. The first-order valence-electron chi connectivity index (χ1n) is 6.95. The minimum atomic E-state index is 0.203. The Morgan fingerprint density at radius 1 is 1.42 bits per heavy atom. The monoisotopic (exact) mass is 332 g/mol. The van der Waals surface area contributed by atoms with Gasteiger partial charge in [0.1, 0.15) is 0 Å². The van der Waals surface area contributed by atoms with Gasteiger partial charge in [0.2, 0.25) is 0 Å². The van der Waals surface area contributed by atoms with Gasteiger partial charge in [-0.2, -0.15) is 5.10 Å². The minimum absolute atomic E-state index is 0.203. The summed E-state index contributed by atoms with van der Waals surface area (Å²) in [5.41, 5.74) is 5.19. The highest BCUT2D eigenvalue weighted by atomic mass is 79.9. The lowest BCUT2D eigenvalue weighted by Gasteiger charge is -2.16. The number of ether oxygens (including phenoxy) is 1. The summed E-state index contributed by atoms with van der Waals surface area (Å²) in [5.74, 6) is 5.63. The molecule has 6 heteroatoms. The molecule has 0 bridgehead atoms. The summed E-state index contributed by atoms with van der Waals surface area (Å²) in [4.78, 5) is 0. The highest BCUT2D eigenvalue weighted by Crippen LogP contribution is 2.24. The van der Waals surface area contributed by atoms with Crippen LogP contribution in [-0.2, 0) is 24.1 Å². The maximum atomic E-state index is 5.63. The maximum Gasteiger partial charge on any atom is 0.0766 e. The van der Waals surface area contributed by atoms with E-state index in [9.17, 15) is 0 Å². The van der Waals surface area contributed by atoms with E-state index in [1.54, 1.807) is 0 Å². The second-order valence-corrected chi connectivity index (χ2v) is 5.22. The van der Waals surface area contributed by atoms with Crippen LogP contribution < -0.4 is 11.3 Å². The van der Waals surface area contributed by atoms with Crippen LogP contribution in [0.2, 0.25) is 0 Å². The van der Waals surface area contributed by atoms with E-state index >= 15 is 0 Å². The standard InChI is InChI=1S/C13H25BrN4O/c1-4-11-13(14)12(18(5-2)17-11)9-10(16-15)7-8-19-6-3/h10,16H,4-9,15H2,1-3H3. The fourth-order valence-electron chi connectivity index (χ4n) is 2.06. The molecule has 1 atom stereocenters. The summed E-state index contributed by atoms with van der Waals surface area (Å²) in [6, 6.07) is 0.203. The number of nitrogens with one attached hydrogen (secondary N) is 1. The Kier molecular flexibility index (Phi) is 7.60. The molecule has 5 nitrogen and oxygen atoms in total. The summed E-state index contributed by atoms with van der Waals surface area (Å²) < 4.78 is 8.56. The van der Waals surface area contributed by atoms with Gasteiger partial charge in [0.25, 0.3) is 0 Å². The molecule has 1 rings (SSSR count). The molecule has 0 saturated carbocycles. The van der Waals surface area contributed by atoms with Crippen LogP contribution in [-0.4, -0.2) is 29.0 Å². The van der Waals surface area contributed by atoms with Crippen LogP contribution in [0.25, 0.3) is 0 Å². The molecule has 19 heavy (non-hydrogen) atoms. The van der Waals surface area contributed by atoms with Crippen LogP contribution in [0, 0.1) is 0 Å². The van der Waals surface area contributed by atoms with Gasteiger partial charge in [-0.25, -0.2) is 0 Å². The van der Waals surface area contributed by atoms with Crippen molar-refractivity contribution >= 4 is 15.9 Å². The smallest absolute Gasteiger partial charge is 0.0766 e. The van der Waals surface area contributed by atoms with Gasteiger partial charge in [-0.15, -0.1) is 0 Å². The third-order valence-corrected chi connectivity index (χ3v) is 4.10. The third-order valence-electron chi connectivity index (χ3n) is 3.18. The van der Waals surface area contributed by atoms with Gasteiger partial charge >= 0.3 is 0 Å². The van der Waals surface area contributed by atoms with E-state index in [2.05, 4.69) is 40.3 Å². The topological polar surface area (TPSA) is 65.1 Å². The van der Waals surface area contributed by atoms with E-state index in [0.29, 0.717) is 0 Å². The van der Waals surface area contributed by atoms with Crippen molar-refractivity contribution in [2.24, 2.45) is 5.84 Å². The van der Waals surface area contributed by atoms with Crippen LogP contribution in [0.1, 0.15) is 38.6 Å². The Hall–Kier alpha value is -0.430. The minimum Gasteiger partial charge on any atom is -0.382 e. The van der Waals surface area contributed by atoms with E-state index in [4.69, 9.17) is 10.6 Å². The fraction of sp³-hybridized carbons (Fsp3) is 0.769. The number of nitrogens with two attached hydrogens (primary N) is 1. The molecule has 1 aromatic rings. The van der Waals surface area contributed by atoms with E-state index in [0.717, 1.165) is 49.2 Å². The first-order valence-corrected chi connectivity index (χ1v) is 7.75. The van der Waals surface area contributed by atoms with Crippen molar-refractivity contribution in [2.75, 3.05) is 13.2 Å². The number of hydrogen-bond acceptors (Lipinski definition) is 4. The van der Waals surface area contributed by atoms with Crippen LogP contribution >= 0.6 is 15.9 Å². The zero-order valence-corrected chi connectivity index (χ0v) is 13.7. The zero-order chi connectivity index (χ0) is 14.3. The van der Waals surface area contributed by atoms with Crippen molar-refractivity contribution in [3.05, 3.63) is 15.9 Å². The van der Waals surface area contributed by atoms with Gasteiger partial charge in [0, 0.05) is 32.2 Å². The number of aromatic nitrogens is 2. The lowest BCUT2D eigenvalue weighted by atomic mass is 10.1. The summed E-state index contributed by atoms with van der Waals surface area (Å²) in [7, 11) is 0. The Morgan fingerprint density at radius 3 is 2.68 bits per heavy atom. The molecular formula is C13H25BrN4O. The SMILES string of the molecule is CCOCCC(Cc1c(Br)c(CC)nn1CC)NN. The highest BCUT2D eigenvalue weighted by molar-refractivity contribution is 9.10. The van der Waals surface area contributed by atoms with E-state index in [1.165, 1.54) is 5.69 Å². The van der Waals surface area contributed by atoms with Crippen LogP contribution in [0.3, 0.4) is 0 Å². The molecular weight excluding hydrogens is 308 g/mol. The summed E-state index contributed by atoms with van der Waals surface area (Å²) >= 11 is 3.66. The largest absolute Gasteiger partial charge is 0.382 e. The molecule has 0 aliphatic heterocycles. The molecule has 1 aromatic heterocycles. The number of hydrazine groups is 1. The number of rotatable bonds is 9. The van der Waals surface area contributed by atoms with Crippen molar-refractivity contribution in [1.82, 2.24) is 15.2 Å². The lowest BCUT2D eigenvalue weighted by molar-refractivity contribution is 0.136. The van der Waals surface area contributed by atoms with Crippen LogP contribution in [0.4, 0.5) is 0 Å². The van der Waals surface area contributed by atoms with Crippen molar-refractivity contribution in [2.45, 2.75) is 52.6 Å². The molecule has 1 heterocycles. The fourth-order valence-corrected chi connectivity index (χ4v) is 2.79. The predicted octanol–water partition coefficient (Wildman–Crippen LogP) is 2.03. The molecule has 0 aliphatic carbocycles. The quantitative estimate of drug-likeness (QED) is 0.412. The molecule has 110 valence electrons. The summed E-state index contributed by atoms with van der Waals surface area (Å²) in [6.45, 7) is 8.56. The second kappa shape index (κ2) is 8.68. The predicted molar refractivity (Wildman–Crippen MR) is 80.9 cm³/mol. The first-order chi connectivity index (χ1) is 9.17. The number of halogens is 1. The molecule has 0 aliphatic rings. The maximum absolute atomic E-state index is 5.63. The number of hydrogen-bond donors (Lipinski definition) is 2. The summed E-state index contributed by atoms with van der Waals surface area (Å²) in [6.07, 6.45) is 2.68. The van der Waals surface area contributed by atoms with Crippen molar-refractivity contribution in [1.29, 1.82) is 0 Å². The van der Waals surface area contributed by atoms with Crippen LogP contribution in [0.5, 0.6) is 0 Å². The summed E-state index contributed by atoms with van der Waals surface area (Å²) in [5, 5.41) is 4.60. The highest BCUT2D eigenvalue weighted by Gasteiger charge is 2.17. The van der Waals surface area contributed by atoms with Crippen molar-refractivity contribution < 1.29 is 4.74 Å². The van der Waals surface area contributed by atoms with E-state index < -0.39 is 0 Å². The number of aryl methyl sites for hydroxylation is 2. The third kappa shape index (κ3) is 4.56. The zero-order valence-electron chi connectivity index (χ0n) is 12.1. The second-order valence-electron chi connectivity index (χ2n) is 4.43. The Balaban J connectivity index is 2.75. The van der Waals surface area contributed by atoms with Gasteiger partial charge in [-0.1, -0.05) is 6.92 Å². The molecule has 0 radical (unpaired) electrons. The molecule has 0 aromatic carbocycles. The van der Waals surface area contributed by atoms with Gasteiger partial charge in [0.05, 0.1) is 15.9 Å².